The number of thioether (sulfide) groups is 1. The second kappa shape index (κ2) is 6.63. The normalized spacial score (nSPS) is 10.4. The van der Waals surface area contributed by atoms with Crippen LogP contribution in [0.1, 0.15) is 15.9 Å². The highest BCUT2D eigenvalue weighted by Gasteiger charge is 2.16. The van der Waals surface area contributed by atoms with Crippen LogP contribution in [0.3, 0.4) is 0 Å². The largest absolute Gasteiger partial charge is 0.399 e. The van der Waals surface area contributed by atoms with Crippen molar-refractivity contribution in [2.24, 2.45) is 0 Å². The van der Waals surface area contributed by atoms with Crippen molar-refractivity contribution >= 4 is 23.4 Å². The maximum absolute atomic E-state index is 13.8. The predicted octanol–water partition coefficient (Wildman–Crippen LogP) is 3.40. The minimum absolute atomic E-state index is 0.0347. The molecule has 5 heteroatoms. The molecule has 0 unspecified atom stereocenters. The zero-order chi connectivity index (χ0) is 15.4. The lowest BCUT2D eigenvalue weighted by Crippen LogP contribution is -2.27. The number of hydrogen-bond donors (Lipinski definition) is 1. The highest BCUT2D eigenvalue weighted by Crippen LogP contribution is 2.17. The summed E-state index contributed by atoms with van der Waals surface area (Å²) in [6.45, 7) is 0.428. The molecule has 2 aromatic carbocycles. The molecule has 0 spiro atoms. The lowest BCUT2D eigenvalue weighted by molar-refractivity contribution is 0.0780. The number of nitrogens with two attached hydrogens (primary N) is 1. The number of carbonyl (C=O) groups is 1. The summed E-state index contributed by atoms with van der Waals surface area (Å²) in [5, 5.41) is 0. The van der Waals surface area contributed by atoms with Gasteiger partial charge in [-0.1, -0.05) is 12.1 Å². The fourth-order valence-corrected chi connectivity index (χ4v) is 2.40. The zero-order valence-corrected chi connectivity index (χ0v) is 12.8. The molecule has 0 saturated heterocycles. The van der Waals surface area contributed by atoms with Gasteiger partial charge in [0.15, 0.2) is 0 Å². The van der Waals surface area contributed by atoms with Crippen molar-refractivity contribution in [3.8, 4) is 0 Å². The number of anilines is 1. The van der Waals surface area contributed by atoms with E-state index in [0.29, 0.717) is 12.2 Å². The average molecular weight is 304 g/mol. The van der Waals surface area contributed by atoms with Crippen LogP contribution in [0.25, 0.3) is 0 Å². The molecule has 1 amide bonds. The van der Waals surface area contributed by atoms with E-state index in [1.165, 1.54) is 17.0 Å². The maximum atomic E-state index is 13.8. The molecule has 3 nitrogen and oxygen atoms in total. The van der Waals surface area contributed by atoms with E-state index in [1.54, 1.807) is 18.8 Å². The Hall–Kier alpha value is -2.01. The summed E-state index contributed by atoms with van der Waals surface area (Å²) in [4.78, 5) is 14.9. The van der Waals surface area contributed by atoms with E-state index in [4.69, 9.17) is 5.73 Å². The van der Waals surface area contributed by atoms with E-state index in [-0.39, 0.29) is 11.5 Å². The van der Waals surface area contributed by atoms with E-state index in [9.17, 15) is 9.18 Å². The SMILES string of the molecule is CSc1ccc(CN(C)C(=O)c2ccc(N)cc2F)cc1. The summed E-state index contributed by atoms with van der Waals surface area (Å²) < 4.78 is 13.8. The Kier molecular flexibility index (Phi) is 4.85. The lowest BCUT2D eigenvalue weighted by atomic mass is 10.1. The lowest BCUT2D eigenvalue weighted by Gasteiger charge is -2.18. The number of amides is 1. The van der Waals surface area contributed by atoms with Gasteiger partial charge in [-0.15, -0.1) is 11.8 Å². The van der Waals surface area contributed by atoms with Crippen LogP contribution in [0.5, 0.6) is 0 Å². The molecule has 2 aromatic rings. The molecule has 0 aliphatic heterocycles. The molecule has 0 aromatic heterocycles. The first-order valence-electron chi connectivity index (χ1n) is 6.44. The van der Waals surface area contributed by atoms with Crippen molar-refractivity contribution in [3.05, 3.63) is 59.4 Å². The molecule has 0 atom stereocenters. The van der Waals surface area contributed by atoms with Crippen molar-refractivity contribution in [3.63, 3.8) is 0 Å². The highest BCUT2D eigenvalue weighted by molar-refractivity contribution is 7.98. The number of rotatable bonds is 4. The molecule has 0 saturated carbocycles. The van der Waals surface area contributed by atoms with Crippen LogP contribution in [-0.4, -0.2) is 24.1 Å². The maximum Gasteiger partial charge on any atom is 0.256 e. The molecular weight excluding hydrogens is 287 g/mol. The first-order valence-corrected chi connectivity index (χ1v) is 7.67. The van der Waals surface area contributed by atoms with Gasteiger partial charge >= 0.3 is 0 Å². The van der Waals surface area contributed by atoms with E-state index in [2.05, 4.69) is 0 Å². The van der Waals surface area contributed by atoms with Gasteiger partial charge < -0.3 is 10.6 Å². The second-order valence-electron chi connectivity index (χ2n) is 4.75. The molecular formula is C16H17FN2OS. The van der Waals surface area contributed by atoms with Crippen molar-refractivity contribution < 1.29 is 9.18 Å². The summed E-state index contributed by atoms with van der Waals surface area (Å²) >= 11 is 1.66. The average Bonchev–Trinajstić information content (AvgIpc) is 2.47. The number of benzene rings is 2. The Morgan fingerprint density at radius 1 is 1.24 bits per heavy atom. The third-order valence-electron chi connectivity index (χ3n) is 3.15. The van der Waals surface area contributed by atoms with Gasteiger partial charge in [-0.25, -0.2) is 4.39 Å². The van der Waals surface area contributed by atoms with Crippen LogP contribution < -0.4 is 5.73 Å². The van der Waals surface area contributed by atoms with Crippen LogP contribution in [0.15, 0.2) is 47.4 Å². The quantitative estimate of drug-likeness (QED) is 0.695. The number of nitrogen functional groups attached to an aromatic ring is 1. The minimum Gasteiger partial charge on any atom is -0.399 e. The fraction of sp³-hybridized carbons (Fsp3) is 0.188. The van der Waals surface area contributed by atoms with Crippen LogP contribution >= 0.6 is 11.8 Å². The summed E-state index contributed by atoms with van der Waals surface area (Å²) in [6.07, 6.45) is 2.01. The van der Waals surface area contributed by atoms with Gasteiger partial charge in [0.2, 0.25) is 0 Å². The molecule has 0 aliphatic carbocycles. The standard InChI is InChI=1S/C16H17FN2OS/c1-19(10-11-3-6-13(21-2)7-4-11)16(20)14-8-5-12(18)9-15(14)17/h3-9H,10,18H2,1-2H3. The van der Waals surface area contributed by atoms with E-state index in [0.717, 1.165) is 16.5 Å². The van der Waals surface area contributed by atoms with Gasteiger partial charge in [-0.05, 0) is 42.2 Å². The smallest absolute Gasteiger partial charge is 0.256 e. The monoisotopic (exact) mass is 304 g/mol. The van der Waals surface area contributed by atoms with Crippen molar-refractivity contribution in [2.45, 2.75) is 11.4 Å². The summed E-state index contributed by atoms with van der Waals surface area (Å²) in [5.74, 6) is -0.953. The van der Waals surface area contributed by atoms with Crippen molar-refractivity contribution in [1.29, 1.82) is 0 Å². The summed E-state index contributed by atoms with van der Waals surface area (Å²) in [5.41, 5.74) is 6.83. The van der Waals surface area contributed by atoms with Gasteiger partial charge in [0, 0.05) is 24.2 Å². The topological polar surface area (TPSA) is 46.3 Å². The number of halogens is 1. The third kappa shape index (κ3) is 3.76. The summed E-state index contributed by atoms with van der Waals surface area (Å²) in [7, 11) is 1.65. The molecule has 2 N–H and O–H groups in total. The molecule has 21 heavy (non-hydrogen) atoms. The van der Waals surface area contributed by atoms with Gasteiger partial charge in [0.1, 0.15) is 5.82 Å². The third-order valence-corrected chi connectivity index (χ3v) is 3.89. The molecule has 0 fully saturated rings. The van der Waals surface area contributed by atoms with Crippen LogP contribution in [-0.2, 0) is 6.54 Å². The van der Waals surface area contributed by atoms with Gasteiger partial charge in [-0.2, -0.15) is 0 Å². The Balaban J connectivity index is 2.11. The number of carbonyl (C=O) groups excluding carboxylic acids is 1. The number of hydrogen-bond acceptors (Lipinski definition) is 3. The Morgan fingerprint density at radius 2 is 1.90 bits per heavy atom. The van der Waals surface area contributed by atoms with Crippen LogP contribution in [0.2, 0.25) is 0 Å². The molecule has 2 rings (SSSR count). The minimum atomic E-state index is -0.593. The first kappa shape index (κ1) is 15.4. The molecule has 0 radical (unpaired) electrons. The molecule has 110 valence electrons. The fourth-order valence-electron chi connectivity index (χ4n) is 1.99. The number of nitrogens with zero attached hydrogens (tertiary/aromatic N) is 1. The van der Waals surface area contributed by atoms with E-state index in [1.807, 2.05) is 30.5 Å². The zero-order valence-electron chi connectivity index (χ0n) is 12.0. The first-order chi connectivity index (χ1) is 10.0. The van der Waals surface area contributed by atoms with Crippen LogP contribution in [0, 0.1) is 5.82 Å². The van der Waals surface area contributed by atoms with Gasteiger partial charge in [0.25, 0.3) is 5.91 Å². The molecule has 0 aliphatic rings. The molecule has 0 bridgehead atoms. The van der Waals surface area contributed by atoms with Crippen molar-refractivity contribution in [2.75, 3.05) is 19.0 Å². The second-order valence-corrected chi connectivity index (χ2v) is 5.63. The van der Waals surface area contributed by atoms with Gasteiger partial charge in [0.05, 0.1) is 5.56 Å². The predicted molar refractivity (Wildman–Crippen MR) is 84.8 cm³/mol. The van der Waals surface area contributed by atoms with Crippen molar-refractivity contribution in [1.82, 2.24) is 4.90 Å². The Labute approximate surface area is 127 Å². The highest BCUT2D eigenvalue weighted by atomic mass is 32.2. The summed E-state index contributed by atoms with van der Waals surface area (Å²) in [6, 6.07) is 12.0. The van der Waals surface area contributed by atoms with E-state index < -0.39 is 5.82 Å². The van der Waals surface area contributed by atoms with Gasteiger partial charge in [-0.3, -0.25) is 4.79 Å². The molecule has 0 heterocycles. The Morgan fingerprint density at radius 3 is 2.48 bits per heavy atom. The van der Waals surface area contributed by atoms with E-state index >= 15 is 0 Å². The Bertz CT molecular complexity index is 643. The van der Waals surface area contributed by atoms with Crippen LogP contribution in [0.4, 0.5) is 10.1 Å².